The van der Waals surface area contributed by atoms with Crippen LogP contribution in [0.1, 0.15) is 16.1 Å². The molecule has 0 aliphatic rings. The Morgan fingerprint density at radius 1 is 1.44 bits per heavy atom. The fraction of sp³-hybridized carbons (Fsp3) is 0.167. The lowest BCUT2D eigenvalue weighted by atomic mass is 10.2. The maximum Gasteiger partial charge on any atom is 0.273 e. The summed E-state index contributed by atoms with van der Waals surface area (Å²) in [6.07, 6.45) is 0. The van der Waals surface area contributed by atoms with Crippen LogP contribution in [0.4, 0.5) is 11.5 Å². The molecule has 2 rings (SSSR count). The number of methoxy groups -OCH3 is 1. The minimum absolute atomic E-state index is 0.284. The largest absolute Gasteiger partial charge is 0.497 e. The zero-order chi connectivity index (χ0) is 13.1. The normalized spacial score (nSPS) is 10.1. The van der Waals surface area contributed by atoms with Crippen LogP contribution in [0.15, 0.2) is 24.3 Å². The van der Waals surface area contributed by atoms with Gasteiger partial charge in [0, 0.05) is 11.8 Å². The van der Waals surface area contributed by atoms with Gasteiger partial charge in [-0.3, -0.25) is 9.89 Å². The summed E-state index contributed by atoms with van der Waals surface area (Å²) in [5, 5.41) is 9.03. The number of benzene rings is 1. The highest BCUT2D eigenvalue weighted by Gasteiger charge is 2.10. The Kier molecular flexibility index (Phi) is 3.18. The number of rotatable bonds is 3. The van der Waals surface area contributed by atoms with Gasteiger partial charge >= 0.3 is 0 Å². The predicted octanol–water partition coefficient (Wildman–Crippen LogP) is 1.56. The summed E-state index contributed by atoms with van der Waals surface area (Å²) < 4.78 is 5.10. The van der Waals surface area contributed by atoms with Crippen LogP contribution in [0, 0.1) is 6.92 Å². The highest BCUT2D eigenvalue weighted by atomic mass is 16.5. The van der Waals surface area contributed by atoms with Crippen LogP contribution in [0.2, 0.25) is 0 Å². The van der Waals surface area contributed by atoms with E-state index in [1.54, 1.807) is 19.2 Å². The summed E-state index contributed by atoms with van der Waals surface area (Å²) in [6, 6.07) is 6.89. The minimum atomic E-state index is -0.285. The number of nitrogens with one attached hydrogen (secondary N) is 2. The fourth-order valence-electron chi connectivity index (χ4n) is 1.55. The third kappa shape index (κ3) is 2.42. The van der Waals surface area contributed by atoms with Gasteiger partial charge in [-0.1, -0.05) is 0 Å². The molecule has 6 nitrogen and oxygen atoms in total. The van der Waals surface area contributed by atoms with Crippen molar-refractivity contribution in [1.29, 1.82) is 0 Å². The first-order chi connectivity index (χ1) is 8.60. The summed E-state index contributed by atoms with van der Waals surface area (Å²) in [5.74, 6) is 0.746. The topological polar surface area (TPSA) is 93.0 Å². The summed E-state index contributed by atoms with van der Waals surface area (Å²) >= 11 is 0. The van der Waals surface area contributed by atoms with E-state index in [9.17, 15) is 4.79 Å². The molecule has 0 aliphatic heterocycles. The van der Waals surface area contributed by atoms with Crippen LogP contribution in [-0.4, -0.2) is 23.2 Å². The maximum absolute atomic E-state index is 11.9. The molecule has 0 bridgehead atoms. The molecule has 18 heavy (non-hydrogen) atoms. The van der Waals surface area contributed by atoms with E-state index >= 15 is 0 Å². The lowest BCUT2D eigenvalue weighted by Crippen LogP contribution is -2.13. The average Bonchev–Trinajstić information content (AvgIpc) is 2.78. The van der Waals surface area contributed by atoms with Gasteiger partial charge in [0.2, 0.25) is 0 Å². The van der Waals surface area contributed by atoms with Gasteiger partial charge < -0.3 is 15.8 Å². The van der Waals surface area contributed by atoms with E-state index in [1.165, 1.54) is 6.07 Å². The van der Waals surface area contributed by atoms with Gasteiger partial charge in [0.05, 0.1) is 7.11 Å². The molecule has 1 aromatic heterocycles. The van der Waals surface area contributed by atoms with Crippen molar-refractivity contribution < 1.29 is 9.53 Å². The molecule has 1 aromatic carbocycles. The second kappa shape index (κ2) is 4.79. The third-order valence-electron chi connectivity index (χ3n) is 2.52. The Bertz CT molecular complexity index is 577. The zero-order valence-electron chi connectivity index (χ0n) is 10.2. The van der Waals surface area contributed by atoms with Crippen molar-refractivity contribution >= 4 is 17.4 Å². The number of aryl methyl sites for hydroxylation is 1. The molecule has 0 saturated carbocycles. The van der Waals surface area contributed by atoms with E-state index in [4.69, 9.17) is 10.5 Å². The third-order valence-corrected chi connectivity index (χ3v) is 2.52. The number of nitrogens with zero attached hydrogens (tertiary/aromatic N) is 1. The Morgan fingerprint density at radius 3 is 2.78 bits per heavy atom. The van der Waals surface area contributed by atoms with Crippen LogP contribution < -0.4 is 15.8 Å². The van der Waals surface area contributed by atoms with Crippen LogP contribution in [0.3, 0.4) is 0 Å². The number of aromatic amines is 1. The molecule has 0 atom stereocenters. The Balaban J connectivity index is 2.16. The molecule has 1 amide bonds. The Morgan fingerprint density at radius 2 is 2.22 bits per heavy atom. The first kappa shape index (κ1) is 12.0. The second-order valence-corrected chi connectivity index (χ2v) is 3.84. The fourth-order valence-corrected chi connectivity index (χ4v) is 1.55. The number of hydrogen-bond acceptors (Lipinski definition) is 4. The first-order valence-electron chi connectivity index (χ1n) is 5.37. The lowest BCUT2D eigenvalue weighted by molar-refractivity contribution is 0.102. The standard InChI is InChI=1S/C12H14N4O2/c1-7-5-8(18-2)3-4-9(7)14-12(17)10-6-11(13)16-15-10/h3-6H,1-2H3,(H,14,17)(H3,13,15,16). The van der Waals surface area contributed by atoms with Crippen LogP contribution in [-0.2, 0) is 0 Å². The minimum Gasteiger partial charge on any atom is -0.497 e. The molecule has 0 aliphatic carbocycles. The Labute approximate surface area is 104 Å². The zero-order valence-corrected chi connectivity index (χ0v) is 10.2. The van der Waals surface area contributed by atoms with Crippen molar-refractivity contribution in [3.63, 3.8) is 0 Å². The number of hydrogen-bond donors (Lipinski definition) is 3. The molecular formula is C12H14N4O2. The predicted molar refractivity (Wildman–Crippen MR) is 68.7 cm³/mol. The van der Waals surface area contributed by atoms with E-state index in [2.05, 4.69) is 15.5 Å². The van der Waals surface area contributed by atoms with Crippen molar-refractivity contribution in [3.8, 4) is 5.75 Å². The van der Waals surface area contributed by atoms with Gasteiger partial charge in [0.1, 0.15) is 17.3 Å². The second-order valence-electron chi connectivity index (χ2n) is 3.84. The van der Waals surface area contributed by atoms with Gasteiger partial charge in [0.15, 0.2) is 0 Å². The number of anilines is 2. The molecule has 0 radical (unpaired) electrons. The number of amides is 1. The monoisotopic (exact) mass is 246 g/mol. The van der Waals surface area contributed by atoms with Gasteiger partial charge in [0.25, 0.3) is 5.91 Å². The van der Waals surface area contributed by atoms with Crippen LogP contribution >= 0.6 is 0 Å². The summed E-state index contributed by atoms with van der Waals surface area (Å²) in [5.41, 5.74) is 7.39. The van der Waals surface area contributed by atoms with Crippen molar-refractivity contribution in [2.45, 2.75) is 6.92 Å². The molecule has 2 aromatic rings. The molecule has 6 heteroatoms. The van der Waals surface area contributed by atoms with Gasteiger partial charge in [-0.15, -0.1) is 0 Å². The quantitative estimate of drug-likeness (QED) is 0.766. The van der Waals surface area contributed by atoms with Crippen molar-refractivity contribution in [2.75, 3.05) is 18.2 Å². The number of H-pyrrole nitrogens is 1. The molecule has 0 spiro atoms. The Hall–Kier alpha value is -2.50. The number of nitrogen functional groups attached to an aromatic ring is 1. The van der Waals surface area contributed by atoms with Crippen molar-refractivity contribution in [2.24, 2.45) is 0 Å². The highest BCUT2D eigenvalue weighted by Crippen LogP contribution is 2.21. The lowest BCUT2D eigenvalue weighted by Gasteiger charge is -2.08. The molecule has 0 fully saturated rings. The number of carbonyl (C=O) groups excluding carboxylic acids is 1. The van der Waals surface area contributed by atoms with E-state index in [0.29, 0.717) is 11.4 Å². The summed E-state index contributed by atoms with van der Waals surface area (Å²) in [6.45, 7) is 1.89. The average molecular weight is 246 g/mol. The number of carbonyl (C=O) groups is 1. The molecular weight excluding hydrogens is 232 g/mol. The first-order valence-corrected chi connectivity index (χ1v) is 5.37. The number of ether oxygens (including phenoxy) is 1. The molecule has 94 valence electrons. The molecule has 0 saturated heterocycles. The van der Waals surface area contributed by atoms with Crippen molar-refractivity contribution in [3.05, 3.63) is 35.5 Å². The summed E-state index contributed by atoms with van der Waals surface area (Å²) in [4.78, 5) is 11.9. The van der Waals surface area contributed by atoms with Crippen molar-refractivity contribution in [1.82, 2.24) is 10.2 Å². The van der Waals surface area contributed by atoms with E-state index in [0.717, 1.165) is 11.3 Å². The van der Waals surface area contributed by atoms with E-state index in [-0.39, 0.29) is 11.7 Å². The van der Waals surface area contributed by atoms with Gasteiger partial charge in [-0.2, -0.15) is 5.10 Å². The van der Waals surface area contributed by atoms with Gasteiger partial charge in [-0.05, 0) is 30.7 Å². The molecule has 0 unspecified atom stereocenters. The van der Waals surface area contributed by atoms with Gasteiger partial charge in [-0.25, -0.2) is 0 Å². The molecule has 4 N–H and O–H groups in total. The summed E-state index contributed by atoms with van der Waals surface area (Å²) in [7, 11) is 1.60. The van der Waals surface area contributed by atoms with Crippen LogP contribution in [0.25, 0.3) is 0 Å². The van der Waals surface area contributed by atoms with Crippen LogP contribution in [0.5, 0.6) is 5.75 Å². The SMILES string of the molecule is COc1ccc(NC(=O)c2cc(N)n[nH]2)c(C)c1. The highest BCUT2D eigenvalue weighted by molar-refractivity contribution is 6.03. The van der Waals surface area contributed by atoms with E-state index in [1.807, 2.05) is 13.0 Å². The van der Waals surface area contributed by atoms with E-state index < -0.39 is 0 Å². The molecule has 1 heterocycles. The maximum atomic E-state index is 11.9. The smallest absolute Gasteiger partial charge is 0.273 e. The number of aromatic nitrogens is 2. The number of nitrogens with two attached hydrogens (primary N) is 1.